The summed E-state index contributed by atoms with van der Waals surface area (Å²) < 4.78 is 0. The molecule has 0 aromatic heterocycles. The predicted molar refractivity (Wildman–Crippen MR) is 49.7 cm³/mol. The summed E-state index contributed by atoms with van der Waals surface area (Å²) in [6.45, 7) is 3.51. The number of nitrogens with zero attached hydrogens (tertiary/aromatic N) is 1. The van der Waals surface area contributed by atoms with E-state index in [-0.39, 0.29) is 0 Å². The average molecular weight is 153 g/mol. The normalized spacial score (nSPS) is 25.5. The summed E-state index contributed by atoms with van der Waals surface area (Å²) in [5.41, 5.74) is 1.59. The lowest BCUT2D eigenvalue weighted by Crippen LogP contribution is -2.23. The molecule has 0 saturated heterocycles. The van der Waals surface area contributed by atoms with Crippen LogP contribution in [0.5, 0.6) is 0 Å². The molecule has 1 heteroatoms. The van der Waals surface area contributed by atoms with Crippen molar-refractivity contribution in [3.05, 3.63) is 11.6 Å². The van der Waals surface area contributed by atoms with Gasteiger partial charge in [0, 0.05) is 6.54 Å². The van der Waals surface area contributed by atoms with Crippen molar-refractivity contribution in [1.82, 2.24) is 4.90 Å². The molecule has 0 aliphatic heterocycles. The number of allylic oxidation sites excluding steroid dienone is 2. The van der Waals surface area contributed by atoms with Gasteiger partial charge in [0.2, 0.25) is 0 Å². The van der Waals surface area contributed by atoms with Crippen LogP contribution < -0.4 is 0 Å². The fraction of sp³-hybridized carbons (Fsp3) is 0.800. The summed E-state index contributed by atoms with van der Waals surface area (Å²) >= 11 is 0. The van der Waals surface area contributed by atoms with E-state index in [1.165, 1.54) is 25.8 Å². The SMILES string of the molecule is CC1=CCCC(CN(C)C)C1. The zero-order chi connectivity index (χ0) is 8.27. The second-order valence-electron chi connectivity index (χ2n) is 3.96. The third-order valence-corrected chi connectivity index (χ3v) is 2.30. The van der Waals surface area contributed by atoms with Gasteiger partial charge in [0.1, 0.15) is 0 Å². The van der Waals surface area contributed by atoms with Crippen molar-refractivity contribution < 1.29 is 0 Å². The molecule has 64 valence electrons. The van der Waals surface area contributed by atoms with Crippen LogP contribution >= 0.6 is 0 Å². The second-order valence-corrected chi connectivity index (χ2v) is 3.96. The zero-order valence-electron chi connectivity index (χ0n) is 7.93. The largest absolute Gasteiger partial charge is 0.309 e. The molecule has 0 aromatic carbocycles. The highest BCUT2D eigenvalue weighted by Crippen LogP contribution is 2.23. The zero-order valence-corrected chi connectivity index (χ0v) is 7.93. The highest BCUT2D eigenvalue weighted by Gasteiger charge is 2.13. The van der Waals surface area contributed by atoms with E-state index < -0.39 is 0 Å². The van der Waals surface area contributed by atoms with Crippen LogP contribution in [0.4, 0.5) is 0 Å². The Balaban J connectivity index is 2.32. The third kappa shape index (κ3) is 3.06. The molecular weight excluding hydrogens is 134 g/mol. The first-order valence-corrected chi connectivity index (χ1v) is 4.49. The van der Waals surface area contributed by atoms with Crippen molar-refractivity contribution in [3.8, 4) is 0 Å². The number of rotatable bonds is 2. The fourth-order valence-corrected chi connectivity index (χ4v) is 1.88. The van der Waals surface area contributed by atoms with Gasteiger partial charge in [-0.3, -0.25) is 0 Å². The van der Waals surface area contributed by atoms with E-state index in [0.717, 1.165) is 5.92 Å². The molecule has 0 bridgehead atoms. The van der Waals surface area contributed by atoms with E-state index in [1.807, 2.05) is 0 Å². The van der Waals surface area contributed by atoms with Crippen molar-refractivity contribution in [3.63, 3.8) is 0 Å². The van der Waals surface area contributed by atoms with Crippen molar-refractivity contribution in [1.29, 1.82) is 0 Å². The Labute approximate surface area is 70.1 Å². The van der Waals surface area contributed by atoms with Gasteiger partial charge in [-0.15, -0.1) is 0 Å². The Kier molecular flexibility index (Phi) is 3.13. The Morgan fingerprint density at radius 2 is 2.27 bits per heavy atom. The molecule has 0 radical (unpaired) electrons. The lowest BCUT2D eigenvalue weighted by molar-refractivity contribution is 0.305. The van der Waals surface area contributed by atoms with Crippen LogP contribution in [-0.4, -0.2) is 25.5 Å². The molecule has 0 heterocycles. The smallest absolute Gasteiger partial charge is 0.000673 e. The molecular formula is C10H19N. The van der Waals surface area contributed by atoms with Crippen molar-refractivity contribution in [2.24, 2.45) is 5.92 Å². The van der Waals surface area contributed by atoms with Gasteiger partial charge < -0.3 is 4.90 Å². The molecule has 1 rings (SSSR count). The summed E-state index contributed by atoms with van der Waals surface area (Å²) in [6, 6.07) is 0. The van der Waals surface area contributed by atoms with Crippen LogP contribution in [0.3, 0.4) is 0 Å². The Morgan fingerprint density at radius 3 is 2.82 bits per heavy atom. The quantitative estimate of drug-likeness (QED) is 0.550. The Hall–Kier alpha value is -0.300. The highest BCUT2D eigenvalue weighted by atomic mass is 15.1. The van der Waals surface area contributed by atoms with E-state index in [4.69, 9.17) is 0 Å². The monoisotopic (exact) mass is 153 g/mol. The molecule has 0 amide bonds. The predicted octanol–water partition coefficient (Wildman–Crippen LogP) is 2.29. The van der Waals surface area contributed by atoms with Crippen LogP contribution in [0.25, 0.3) is 0 Å². The number of hydrogen-bond donors (Lipinski definition) is 0. The standard InChI is InChI=1S/C10H19N/c1-9-5-4-6-10(7-9)8-11(2)3/h5,10H,4,6-8H2,1-3H3. The molecule has 0 aromatic rings. The fourth-order valence-electron chi connectivity index (χ4n) is 1.88. The third-order valence-electron chi connectivity index (χ3n) is 2.30. The molecule has 1 atom stereocenters. The van der Waals surface area contributed by atoms with Gasteiger partial charge >= 0.3 is 0 Å². The first-order chi connectivity index (χ1) is 5.18. The van der Waals surface area contributed by atoms with Gasteiger partial charge in [-0.25, -0.2) is 0 Å². The molecule has 1 aliphatic rings. The van der Waals surface area contributed by atoms with Gasteiger partial charge in [-0.05, 0) is 46.2 Å². The van der Waals surface area contributed by atoms with Gasteiger partial charge in [0.25, 0.3) is 0 Å². The van der Waals surface area contributed by atoms with E-state index >= 15 is 0 Å². The van der Waals surface area contributed by atoms with E-state index in [9.17, 15) is 0 Å². The van der Waals surface area contributed by atoms with Crippen LogP contribution in [0.15, 0.2) is 11.6 Å². The minimum absolute atomic E-state index is 0.912. The molecule has 0 saturated carbocycles. The van der Waals surface area contributed by atoms with Crippen LogP contribution in [-0.2, 0) is 0 Å². The molecule has 0 N–H and O–H groups in total. The van der Waals surface area contributed by atoms with Crippen LogP contribution in [0.2, 0.25) is 0 Å². The minimum atomic E-state index is 0.912. The van der Waals surface area contributed by atoms with Crippen LogP contribution in [0, 0.1) is 5.92 Å². The maximum absolute atomic E-state index is 2.38. The molecule has 0 fully saturated rings. The molecule has 1 nitrogen and oxygen atoms in total. The highest BCUT2D eigenvalue weighted by molar-refractivity contribution is 5.03. The first kappa shape index (κ1) is 8.79. The maximum atomic E-state index is 2.38. The van der Waals surface area contributed by atoms with Crippen molar-refractivity contribution in [2.45, 2.75) is 26.2 Å². The van der Waals surface area contributed by atoms with Gasteiger partial charge in [0.05, 0.1) is 0 Å². The van der Waals surface area contributed by atoms with Gasteiger partial charge in [-0.2, -0.15) is 0 Å². The van der Waals surface area contributed by atoms with Crippen molar-refractivity contribution in [2.75, 3.05) is 20.6 Å². The van der Waals surface area contributed by atoms with E-state index in [0.29, 0.717) is 0 Å². The van der Waals surface area contributed by atoms with E-state index in [2.05, 4.69) is 32.0 Å². The maximum Gasteiger partial charge on any atom is 0.000673 e. The summed E-state index contributed by atoms with van der Waals surface area (Å²) in [5.74, 6) is 0.912. The number of hydrogen-bond acceptors (Lipinski definition) is 1. The van der Waals surface area contributed by atoms with Gasteiger partial charge in [-0.1, -0.05) is 11.6 Å². The van der Waals surface area contributed by atoms with Crippen LogP contribution in [0.1, 0.15) is 26.2 Å². The van der Waals surface area contributed by atoms with Gasteiger partial charge in [0.15, 0.2) is 0 Å². The molecule has 0 spiro atoms. The van der Waals surface area contributed by atoms with E-state index in [1.54, 1.807) is 5.57 Å². The Morgan fingerprint density at radius 1 is 1.55 bits per heavy atom. The summed E-state index contributed by atoms with van der Waals surface area (Å²) in [4.78, 5) is 2.29. The topological polar surface area (TPSA) is 3.24 Å². The molecule has 11 heavy (non-hydrogen) atoms. The first-order valence-electron chi connectivity index (χ1n) is 4.49. The molecule has 1 unspecified atom stereocenters. The average Bonchev–Trinajstić information content (AvgIpc) is 1.85. The summed E-state index contributed by atoms with van der Waals surface area (Å²) in [6.07, 6.45) is 6.38. The second kappa shape index (κ2) is 3.91. The summed E-state index contributed by atoms with van der Waals surface area (Å²) in [5, 5.41) is 0. The lowest BCUT2D eigenvalue weighted by Gasteiger charge is -2.23. The lowest BCUT2D eigenvalue weighted by atomic mass is 9.89. The summed E-state index contributed by atoms with van der Waals surface area (Å²) in [7, 11) is 4.32. The Bertz CT molecular complexity index is 147. The van der Waals surface area contributed by atoms with Crippen molar-refractivity contribution >= 4 is 0 Å². The molecule has 1 aliphatic carbocycles. The minimum Gasteiger partial charge on any atom is -0.309 e.